The van der Waals surface area contributed by atoms with Crippen LogP contribution in [0.2, 0.25) is 0 Å². The van der Waals surface area contributed by atoms with E-state index in [1.807, 2.05) is 51.2 Å². The molecule has 0 fully saturated rings. The summed E-state index contributed by atoms with van der Waals surface area (Å²) in [7, 11) is 3.57. The first-order valence-corrected chi connectivity index (χ1v) is 7.15. The standard InChI is InChI=1S/C17H23NO3/c1-12(2)20-14-7-5-6-13(10-14)17(18-3)16-9-8-15(21-16)11-19-4/h5-10,12,17-18H,11H2,1-4H3. The molecule has 1 aromatic carbocycles. The van der Waals surface area contributed by atoms with Gasteiger partial charge in [-0.3, -0.25) is 0 Å². The van der Waals surface area contributed by atoms with Crippen molar-refractivity contribution < 1.29 is 13.9 Å². The van der Waals surface area contributed by atoms with Crippen molar-refractivity contribution in [2.75, 3.05) is 14.2 Å². The number of methoxy groups -OCH3 is 1. The smallest absolute Gasteiger partial charge is 0.129 e. The summed E-state index contributed by atoms with van der Waals surface area (Å²) in [5.41, 5.74) is 1.11. The molecule has 0 saturated carbocycles. The Labute approximate surface area is 126 Å². The zero-order valence-electron chi connectivity index (χ0n) is 13.1. The lowest BCUT2D eigenvalue weighted by Crippen LogP contribution is -2.17. The molecule has 1 unspecified atom stereocenters. The maximum absolute atomic E-state index is 5.82. The zero-order valence-corrected chi connectivity index (χ0v) is 13.1. The van der Waals surface area contributed by atoms with Gasteiger partial charge in [0, 0.05) is 7.11 Å². The second-order valence-corrected chi connectivity index (χ2v) is 5.20. The minimum Gasteiger partial charge on any atom is -0.491 e. The lowest BCUT2D eigenvalue weighted by Gasteiger charge is -2.16. The molecule has 114 valence electrons. The maximum Gasteiger partial charge on any atom is 0.129 e. The monoisotopic (exact) mass is 289 g/mol. The van der Waals surface area contributed by atoms with Gasteiger partial charge in [-0.1, -0.05) is 12.1 Å². The summed E-state index contributed by atoms with van der Waals surface area (Å²) in [4.78, 5) is 0. The van der Waals surface area contributed by atoms with Crippen LogP contribution in [-0.2, 0) is 11.3 Å². The van der Waals surface area contributed by atoms with Crippen LogP contribution in [0.1, 0.15) is 37.0 Å². The molecule has 0 aliphatic carbocycles. The van der Waals surface area contributed by atoms with Gasteiger partial charge < -0.3 is 19.2 Å². The van der Waals surface area contributed by atoms with E-state index in [2.05, 4.69) is 11.4 Å². The van der Waals surface area contributed by atoms with Crippen LogP contribution < -0.4 is 10.1 Å². The van der Waals surface area contributed by atoms with Crippen molar-refractivity contribution in [2.24, 2.45) is 0 Å². The maximum atomic E-state index is 5.82. The fourth-order valence-electron chi connectivity index (χ4n) is 2.28. The Morgan fingerprint density at radius 2 is 2.00 bits per heavy atom. The van der Waals surface area contributed by atoms with E-state index in [1.54, 1.807) is 7.11 Å². The Morgan fingerprint density at radius 1 is 1.19 bits per heavy atom. The van der Waals surface area contributed by atoms with Crippen LogP contribution in [0.5, 0.6) is 5.75 Å². The van der Waals surface area contributed by atoms with E-state index in [-0.39, 0.29) is 12.1 Å². The average molecular weight is 289 g/mol. The molecule has 0 aliphatic rings. The SMILES string of the molecule is CNC(c1cccc(OC(C)C)c1)c1ccc(COC)o1. The summed E-state index contributed by atoms with van der Waals surface area (Å²) in [6.45, 7) is 4.52. The minimum atomic E-state index is -0.00804. The predicted octanol–water partition coefficient (Wildman–Crippen LogP) is 3.52. The summed E-state index contributed by atoms with van der Waals surface area (Å²) in [5, 5.41) is 3.28. The molecule has 4 heteroatoms. The second-order valence-electron chi connectivity index (χ2n) is 5.20. The molecule has 2 aromatic rings. The van der Waals surface area contributed by atoms with Crippen LogP contribution in [0, 0.1) is 0 Å². The molecule has 0 radical (unpaired) electrons. The molecule has 0 aliphatic heterocycles. The third-order valence-electron chi connectivity index (χ3n) is 3.11. The Hall–Kier alpha value is -1.78. The van der Waals surface area contributed by atoms with Crippen molar-refractivity contribution in [3.05, 3.63) is 53.5 Å². The topological polar surface area (TPSA) is 43.6 Å². The minimum absolute atomic E-state index is 0.00804. The number of rotatable bonds is 7. The molecule has 4 nitrogen and oxygen atoms in total. The van der Waals surface area contributed by atoms with E-state index in [0.29, 0.717) is 6.61 Å². The average Bonchev–Trinajstić information content (AvgIpc) is 2.88. The van der Waals surface area contributed by atoms with Crippen LogP contribution in [-0.4, -0.2) is 20.3 Å². The highest BCUT2D eigenvalue weighted by Gasteiger charge is 2.17. The van der Waals surface area contributed by atoms with Crippen molar-refractivity contribution in [1.29, 1.82) is 0 Å². The number of furan rings is 1. The third-order valence-corrected chi connectivity index (χ3v) is 3.11. The normalized spacial score (nSPS) is 12.6. The Morgan fingerprint density at radius 3 is 2.67 bits per heavy atom. The van der Waals surface area contributed by atoms with Crippen molar-refractivity contribution in [2.45, 2.75) is 32.6 Å². The van der Waals surface area contributed by atoms with E-state index in [1.165, 1.54) is 0 Å². The van der Waals surface area contributed by atoms with Crippen molar-refractivity contribution >= 4 is 0 Å². The van der Waals surface area contributed by atoms with Gasteiger partial charge in [-0.2, -0.15) is 0 Å². The van der Waals surface area contributed by atoms with Crippen LogP contribution >= 0.6 is 0 Å². The van der Waals surface area contributed by atoms with Crippen molar-refractivity contribution in [1.82, 2.24) is 5.32 Å². The van der Waals surface area contributed by atoms with E-state index in [4.69, 9.17) is 13.9 Å². The highest BCUT2D eigenvalue weighted by atomic mass is 16.5. The Balaban J connectivity index is 2.23. The Kier molecular flexibility index (Phi) is 5.42. The van der Waals surface area contributed by atoms with Crippen molar-refractivity contribution in [3.8, 4) is 5.75 Å². The summed E-state index contributed by atoms with van der Waals surface area (Å²) in [6, 6.07) is 12.0. The third kappa shape index (κ3) is 4.09. The van der Waals surface area contributed by atoms with Crippen LogP contribution in [0.3, 0.4) is 0 Å². The van der Waals surface area contributed by atoms with Crippen LogP contribution in [0.15, 0.2) is 40.8 Å². The molecule has 1 aromatic heterocycles. The summed E-state index contributed by atoms with van der Waals surface area (Å²) >= 11 is 0. The highest BCUT2D eigenvalue weighted by molar-refractivity contribution is 5.34. The predicted molar refractivity (Wildman–Crippen MR) is 82.5 cm³/mol. The van der Waals surface area contributed by atoms with Gasteiger partial charge in [0.05, 0.1) is 12.1 Å². The Bertz CT molecular complexity index is 563. The molecular weight excluding hydrogens is 266 g/mol. The quantitative estimate of drug-likeness (QED) is 0.847. The molecule has 0 spiro atoms. The summed E-state index contributed by atoms with van der Waals surface area (Å²) < 4.78 is 16.7. The van der Waals surface area contributed by atoms with Gasteiger partial charge in [0.2, 0.25) is 0 Å². The molecule has 21 heavy (non-hydrogen) atoms. The van der Waals surface area contributed by atoms with Crippen LogP contribution in [0.4, 0.5) is 0 Å². The largest absolute Gasteiger partial charge is 0.491 e. The molecule has 0 amide bonds. The first kappa shape index (κ1) is 15.6. The second kappa shape index (κ2) is 7.29. The first-order valence-electron chi connectivity index (χ1n) is 7.15. The van der Waals surface area contributed by atoms with Gasteiger partial charge >= 0.3 is 0 Å². The van der Waals surface area contributed by atoms with E-state index in [0.717, 1.165) is 22.8 Å². The highest BCUT2D eigenvalue weighted by Crippen LogP contribution is 2.27. The number of hydrogen-bond donors (Lipinski definition) is 1. The lowest BCUT2D eigenvalue weighted by molar-refractivity contribution is 0.162. The molecule has 2 rings (SSSR count). The number of ether oxygens (including phenoxy) is 2. The van der Waals surface area contributed by atoms with Gasteiger partial charge in [-0.05, 0) is 50.7 Å². The van der Waals surface area contributed by atoms with Crippen LogP contribution in [0.25, 0.3) is 0 Å². The molecule has 1 atom stereocenters. The fourth-order valence-corrected chi connectivity index (χ4v) is 2.28. The van der Waals surface area contributed by atoms with Gasteiger partial charge in [-0.25, -0.2) is 0 Å². The molecule has 1 heterocycles. The van der Waals surface area contributed by atoms with Crippen molar-refractivity contribution in [3.63, 3.8) is 0 Å². The molecule has 1 N–H and O–H groups in total. The summed E-state index contributed by atoms with van der Waals surface area (Å²) in [6.07, 6.45) is 0.158. The first-order chi connectivity index (χ1) is 10.1. The zero-order chi connectivity index (χ0) is 15.2. The fraction of sp³-hybridized carbons (Fsp3) is 0.412. The number of hydrogen-bond acceptors (Lipinski definition) is 4. The van der Waals surface area contributed by atoms with Gasteiger partial charge in [0.15, 0.2) is 0 Å². The van der Waals surface area contributed by atoms with Gasteiger partial charge in [0.25, 0.3) is 0 Å². The summed E-state index contributed by atoms with van der Waals surface area (Å²) in [5.74, 6) is 2.56. The van der Waals surface area contributed by atoms with E-state index in [9.17, 15) is 0 Å². The van der Waals surface area contributed by atoms with E-state index < -0.39 is 0 Å². The number of benzene rings is 1. The lowest BCUT2D eigenvalue weighted by atomic mass is 10.0. The van der Waals surface area contributed by atoms with E-state index >= 15 is 0 Å². The number of nitrogens with one attached hydrogen (secondary N) is 1. The molecular formula is C17H23NO3. The van der Waals surface area contributed by atoms with Gasteiger partial charge in [0.1, 0.15) is 23.9 Å². The molecule has 0 bridgehead atoms. The molecule has 0 saturated heterocycles. The van der Waals surface area contributed by atoms with Gasteiger partial charge in [-0.15, -0.1) is 0 Å².